The molecule has 0 aromatic rings. The molecule has 3 aliphatic rings. The van der Waals surface area contributed by atoms with Gasteiger partial charge in [-0.2, -0.15) is 0 Å². The van der Waals surface area contributed by atoms with Crippen molar-refractivity contribution in [1.29, 1.82) is 0 Å². The predicted molar refractivity (Wildman–Crippen MR) is 98.4 cm³/mol. The fourth-order valence-corrected chi connectivity index (χ4v) is 5.46. The van der Waals surface area contributed by atoms with Gasteiger partial charge in [0.25, 0.3) is 5.91 Å². The molecule has 0 saturated heterocycles. The van der Waals surface area contributed by atoms with E-state index in [1.54, 1.807) is 6.92 Å². The van der Waals surface area contributed by atoms with Crippen LogP contribution in [0.25, 0.3) is 0 Å². The lowest BCUT2D eigenvalue weighted by atomic mass is 9.89. The van der Waals surface area contributed by atoms with Crippen LogP contribution in [0.4, 0.5) is 0 Å². The fraction of sp³-hybridized carbons (Fsp3) is 0.562. The van der Waals surface area contributed by atoms with Crippen molar-refractivity contribution in [3.8, 4) is 0 Å². The van der Waals surface area contributed by atoms with E-state index in [2.05, 4.69) is 10.7 Å². The lowest BCUT2D eigenvalue weighted by molar-refractivity contribution is -0.143. The molecule has 0 aromatic carbocycles. The highest BCUT2D eigenvalue weighted by Gasteiger charge is 2.48. The second kappa shape index (κ2) is 7.64. The lowest BCUT2D eigenvalue weighted by Gasteiger charge is -2.32. The summed E-state index contributed by atoms with van der Waals surface area (Å²) >= 11 is 1.32. The van der Waals surface area contributed by atoms with Crippen molar-refractivity contribution < 1.29 is 27.5 Å². The van der Waals surface area contributed by atoms with Gasteiger partial charge in [0.05, 0.1) is 6.61 Å². The molecule has 2 N–H and O–H groups in total. The van der Waals surface area contributed by atoms with E-state index in [-0.39, 0.29) is 6.61 Å². The molecule has 2 aliphatic heterocycles. The number of fused-ring (bicyclic) bond motifs is 2. The third-order valence-corrected chi connectivity index (χ3v) is 6.68. The van der Waals surface area contributed by atoms with Gasteiger partial charge < -0.3 is 10.1 Å². The van der Waals surface area contributed by atoms with Crippen LogP contribution >= 0.6 is 11.9 Å². The highest BCUT2D eigenvalue weighted by molar-refractivity contribution is 8.01. The van der Waals surface area contributed by atoms with Gasteiger partial charge in [0.15, 0.2) is 20.6 Å². The highest BCUT2D eigenvalue weighted by atomic mass is 32.2. The van der Waals surface area contributed by atoms with Crippen molar-refractivity contribution in [3.05, 3.63) is 21.1 Å². The highest BCUT2D eigenvalue weighted by Crippen LogP contribution is 2.47. The van der Waals surface area contributed by atoms with Crippen LogP contribution in [0.5, 0.6) is 0 Å². The van der Waals surface area contributed by atoms with Gasteiger partial charge in [0, 0.05) is 11.2 Å². The number of hydrogen-bond donors (Lipinski definition) is 2. The summed E-state index contributed by atoms with van der Waals surface area (Å²) in [5.41, 5.74) is 3.20. The fourth-order valence-electron chi connectivity index (χ4n) is 3.30. The summed E-state index contributed by atoms with van der Waals surface area (Å²) in [6.07, 6.45) is 4.46. The van der Waals surface area contributed by atoms with Gasteiger partial charge in [0.1, 0.15) is 18.2 Å². The number of allylic oxidation sites excluding steroid dienone is 1. The lowest BCUT2D eigenvalue weighted by Crippen LogP contribution is -2.53. The van der Waals surface area contributed by atoms with Gasteiger partial charge in [0.2, 0.25) is 0 Å². The average Bonchev–Trinajstić information content (AvgIpc) is 2.98. The number of hydrazine groups is 1. The minimum Gasteiger partial charge on any atom is -0.465 e. The Labute approximate surface area is 161 Å². The molecule has 1 aliphatic carbocycles. The SMILES string of the molecule is CCOC(=O)CNC(=O)C1=C(S(C)(=O)=O)NN2SC3=C(CCCC3)C2C1=O. The van der Waals surface area contributed by atoms with E-state index in [0.717, 1.165) is 42.4 Å². The first-order chi connectivity index (χ1) is 12.7. The van der Waals surface area contributed by atoms with Crippen LogP contribution in [-0.2, 0) is 29.0 Å². The Bertz CT molecular complexity index is 861. The van der Waals surface area contributed by atoms with Crippen LogP contribution in [0.1, 0.15) is 32.6 Å². The van der Waals surface area contributed by atoms with Crippen LogP contribution in [-0.4, -0.2) is 55.9 Å². The van der Waals surface area contributed by atoms with Crippen LogP contribution in [0.2, 0.25) is 0 Å². The summed E-state index contributed by atoms with van der Waals surface area (Å²) in [7, 11) is -3.88. The molecule has 1 amide bonds. The molecule has 27 heavy (non-hydrogen) atoms. The minimum absolute atomic E-state index is 0.150. The third kappa shape index (κ3) is 3.90. The molecule has 0 radical (unpaired) electrons. The Morgan fingerprint density at radius 2 is 2.04 bits per heavy atom. The number of hydrogen-bond acceptors (Lipinski definition) is 9. The molecule has 1 unspecified atom stereocenters. The Morgan fingerprint density at radius 1 is 1.33 bits per heavy atom. The number of carbonyl (C=O) groups is 3. The molecule has 9 nitrogen and oxygen atoms in total. The van der Waals surface area contributed by atoms with Gasteiger partial charge >= 0.3 is 5.97 Å². The Morgan fingerprint density at radius 3 is 2.70 bits per heavy atom. The number of rotatable bonds is 5. The van der Waals surface area contributed by atoms with Crippen molar-refractivity contribution in [2.75, 3.05) is 19.4 Å². The summed E-state index contributed by atoms with van der Waals surface area (Å²) in [5.74, 6) is -2.15. The van der Waals surface area contributed by atoms with Gasteiger partial charge in [-0.05, 0) is 50.1 Å². The van der Waals surface area contributed by atoms with E-state index in [0.29, 0.717) is 0 Å². The second-order valence-corrected chi connectivity index (χ2v) is 9.44. The summed E-state index contributed by atoms with van der Waals surface area (Å²) in [6.45, 7) is 1.33. The van der Waals surface area contributed by atoms with Gasteiger partial charge in [-0.1, -0.05) is 0 Å². The number of sulfone groups is 1. The normalized spacial score (nSPS) is 22.9. The zero-order chi connectivity index (χ0) is 19.8. The molecule has 0 spiro atoms. The summed E-state index contributed by atoms with van der Waals surface area (Å²) in [6, 6.07) is -0.709. The molecule has 1 atom stereocenters. The first kappa shape index (κ1) is 19.9. The van der Waals surface area contributed by atoms with Crippen molar-refractivity contribution in [3.63, 3.8) is 0 Å². The van der Waals surface area contributed by atoms with Crippen LogP contribution in [0.15, 0.2) is 21.1 Å². The molecular formula is C16H21N3O6S2. The quantitative estimate of drug-likeness (QED) is 0.367. The molecule has 0 bridgehead atoms. The Balaban J connectivity index is 1.92. The third-order valence-electron chi connectivity index (χ3n) is 4.46. The maximum Gasteiger partial charge on any atom is 0.325 e. The first-order valence-corrected chi connectivity index (χ1v) is 11.3. The van der Waals surface area contributed by atoms with Crippen molar-refractivity contribution in [1.82, 2.24) is 15.2 Å². The van der Waals surface area contributed by atoms with Gasteiger partial charge in [-0.3, -0.25) is 19.8 Å². The summed E-state index contributed by atoms with van der Waals surface area (Å²) in [5, 5.41) is 1.84. The second-order valence-electron chi connectivity index (χ2n) is 6.42. The van der Waals surface area contributed by atoms with E-state index < -0.39 is 50.7 Å². The van der Waals surface area contributed by atoms with Crippen LogP contribution in [0, 0.1) is 0 Å². The van der Waals surface area contributed by atoms with E-state index in [4.69, 9.17) is 4.74 Å². The Kier molecular flexibility index (Phi) is 5.63. The largest absolute Gasteiger partial charge is 0.465 e. The number of ketones is 1. The van der Waals surface area contributed by atoms with Crippen LogP contribution < -0.4 is 10.7 Å². The zero-order valence-electron chi connectivity index (χ0n) is 15.0. The van der Waals surface area contributed by atoms with Gasteiger partial charge in [-0.15, -0.1) is 4.41 Å². The molecule has 3 rings (SSSR count). The average molecular weight is 415 g/mol. The number of ether oxygens (including phenoxy) is 1. The molecular weight excluding hydrogens is 394 g/mol. The summed E-state index contributed by atoms with van der Waals surface area (Å²) < 4.78 is 30.6. The minimum atomic E-state index is -3.88. The zero-order valence-corrected chi connectivity index (χ0v) is 16.7. The van der Waals surface area contributed by atoms with Crippen molar-refractivity contribution in [2.24, 2.45) is 0 Å². The van der Waals surface area contributed by atoms with Gasteiger partial charge in [-0.25, -0.2) is 8.42 Å². The predicted octanol–water partition coefficient (Wildman–Crippen LogP) is 0.170. The molecule has 2 heterocycles. The first-order valence-electron chi connectivity index (χ1n) is 8.62. The number of carbonyl (C=O) groups excluding carboxylic acids is 3. The number of nitrogens with zero attached hydrogens (tertiary/aromatic N) is 1. The smallest absolute Gasteiger partial charge is 0.325 e. The maximum atomic E-state index is 13.1. The van der Waals surface area contributed by atoms with E-state index in [1.807, 2.05) is 0 Å². The summed E-state index contributed by atoms with van der Waals surface area (Å²) in [4.78, 5) is 38.2. The topological polar surface area (TPSA) is 122 Å². The number of nitrogens with one attached hydrogen (secondary N) is 2. The molecule has 11 heteroatoms. The number of amides is 1. The number of Topliss-reactive ketones (excluding diaryl/α,β-unsaturated/α-hetero) is 1. The number of esters is 1. The van der Waals surface area contributed by atoms with Crippen molar-refractivity contribution >= 4 is 39.4 Å². The molecule has 0 fully saturated rings. The molecule has 0 saturated carbocycles. The monoisotopic (exact) mass is 415 g/mol. The van der Waals surface area contributed by atoms with E-state index >= 15 is 0 Å². The molecule has 148 valence electrons. The standard InChI is InChI=1S/C16H21N3O6S2/c1-3-25-11(20)8-17-15(22)12-14(21)13-9-6-4-5-7-10(9)26-19(13)18-16(12)27(2,23)24/h13,18H,3-8H2,1-2H3,(H,17,22). The Hall–Kier alpha value is -1.85. The van der Waals surface area contributed by atoms with Crippen molar-refractivity contribution in [2.45, 2.75) is 38.6 Å². The van der Waals surface area contributed by atoms with E-state index in [1.165, 1.54) is 16.4 Å². The molecule has 0 aromatic heterocycles. The maximum absolute atomic E-state index is 13.1. The van der Waals surface area contributed by atoms with Crippen LogP contribution in [0.3, 0.4) is 0 Å². The van der Waals surface area contributed by atoms with E-state index in [9.17, 15) is 22.8 Å².